The molecule has 10 heteroatoms. The molecule has 0 aliphatic carbocycles. The fourth-order valence-corrected chi connectivity index (χ4v) is 5.27. The Bertz CT molecular complexity index is 1730. The first-order chi connectivity index (χ1) is 18.6. The summed E-state index contributed by atoms with van der Waals surface area (Å²) < 4.78 is 10.2. The maximum absolute atomic E-state index is 9.74. The molecule has 0 saturated carbocycles. The standard InChI is InChI=1S/C28H25N9O/c1-18-27(33-34-37(18)23-7-9-35(17-30)10-8-23)21-11-26(28-22(12-29)14-32-36(28)16-21)38-19(2)25-15-31-13-20-5-3-4-6-24(20)25/h3-6,11,13-16,19,23H,7-10H2,1-2H3. The van der Waals surface area contributed by atoms with Gasteiger partial charge in [0.2, 0.25) is 0 Å². The second-order valence-electron chi connectivity index (χ2n) is 9.55. The SMILES string of the molecule is Cc1c(-c2cc(OC(C)c3cncc4ccccc34)c3c(C#N)cnn3c2)nnn1C1CCN(C#N)CC1. The summed E-state index contributed by atoms with van der Waals surface area (Å²) in [5, 5.41) is 34.4. The molecule has 1 aliphatic rings. The van der Waals surface area contributed by atoms with Crippen LogP contribution in [0, 0.1) is 29.7 Å². The van der Waals surface area contributed by atoms with Crippen molar-refractivity contribution in [2.45, 2.75) is 38.8 Å². The highest BCUT2D eigenvalue weighted by molar-refractivity contribution is 5.85. The van der Waals surface area contributed by atoms with Gasteiger partial charge in [-0.25, -0.2) is 9.20 Å². The number of pyridine rings is 2. The predicted octanol–water partition coefficient (Wildman–Crippen LogP) is 4.58. The van der Waals surface area contributed by atoms with Crippen LogP contribution < -0.4 is 4.74 Å². The Morgan fingerprint density at radius 2 is 1.92 bits per heavy atom. The second-order valence-corrected chi connectivity index (χ2v) is 9.55. The first-order valence-corrected chi connectivity index (χ1v) is 12.5. The second kappa shape index (κ2) is 9.49. The number of likely N-dealkylation sites (tertiary alicyclic amines) is 1. The van der Waals surface area contributed by atoms with Gasteiger partial charge in [0.25, 0.3) is 0 Å². The number of benzene rings is 1. The summed E-state index contributed by atoms with van der Waals surface area (Å²) in [4.78, 5) is 6.18. The molecule has 0 bridgehead atoms. The minimum Gasteiger partial charge on any atom is -0.484 e. The van der Waals surface area contributed by atoms with Crippen LogP contribution >= 0.6 is 0 Å². The quantitative estimate of drug-likeness (QED) is 0.320. The van der Waals surface area contributed by atoms with Gasteiger partial charge in [0.1, 0.15) is 34.7 Å². The van der Waals surface area contributed by atoms with Crippen molar-refractivity contribution in [3.63, 3.8) is 0 Å². The van der Waals surface area contributed by atoms with Crippen LogP contribution in [0.4, 0.5) is 0 Å². The van der Waals surface area contributed by atoms with Crippen molar-refractivity contribution in [3.8, 4) is 29.3 Å². The van der Waals surface area contributed by atoms with Crippen molar-refractivity contribution in [1.29, 1.82) is 10.5 Å². The molecule has 0 radical (unpaired) electrons. The highest BCUT2D eigenvalue weighted by Crippen LogP contribution is 2.35. The Kier molecular flexibility index (Phi) is 5.85. The Morgan fingerprint density at radius 1 is 1.11 bits per heavy atom. The minimum atomic E-state index is -0.337. The normalized spacial score (nSPS) is 14.9. The lowest BCUT2D eigenvalue weighted by atomic mass is 10.0. The van der Waals surface area contributed by atoms with Gasteiger partial charge < -0.3 is 9.64 Å². The number of fused-ring (bicyclic) bond motifs is 2. The summed E-state index contributed by atoms with van der Waals surface area (Å²) >= 11 is 0. The average Bonchev–Trinajstić information content (AvgIpc) is 3.56. The number of hydrogen-bond acceptors (Lipinski definition) is 8. The number of aromatic nitrogens is 6. The van der Waals surface area contributed by atoms with Crippen molar-refractivity contribution in [2.24, 2.45) is 0 Å². The molecule has 0 spiro atoms. The summed E-state index contributed by atoms with van der Waals surface area (Å²) in [5.74, 6) is 0.535. The lowest BCUT2D eigenvalue weighted by Crippen LogP contribution is -2.31. The van der Waals surface area contributed by atoms with Gasteiger partial charge in [0.15, 0.2) is 6.19 Å². The molecule has 1 atom stereocenters. The summed E-state index contributed by atoms with van der Waals surface area (Å²) in [5.41, 5.74) is 4.44. The van der Waals surface area contributed by atoms with Crippen molar-refractivity contribution < 1.29 is 4.74 Å². The van der Waals surface area contributed by atoms with E-state index in [-0.39, 0.29) is 12.1 Å². The molecule has 1 unspecified atom stereocenters. The number of ether oxygens (including phenoxy) is 1. The molecule has 5 heterocycles. The van der Waals surface area contributed by atoms with Gasteiger partial charge in [-0.1, -0.05) is 29.5 Å². The zero-order valence-electron chi connectivity index (χ0n) is 21.1. The van der Waals surface area contributed by atoms with E-state index in [1.165, 1.54) is 0 Å². The fraction of sp³-hybridized carbons (Fsp3) is 0.286. The zero-order chi connectivity index (χ0) is 26.2. The summed E-state index contributed by atoms with van der Waals surface area (Å²) in [6, 6.07) is 12.4. The Morgan fingerprint density at radius 3 is 2.71 bits per heavy atom. The van der Waals surface area contributed by atoms with E-state index in [4.69, 9.17) is 4.74 Å². The molecule has 1 aromatic carbocycles. The molecule has 10 nitrogen and oxygen atoms in total. The van der Waals surface area contributed by atoms with Crippen LogP contribution in [0.5, 0.6) is 5.75 Å². The number of piperidine rings is 1. The van der Waals surface area contributed by atoms with E-state index in [1.807, 2.05) is 61.4 Å². The third kappa shape index (κ3) is 3.97. The Labute approximate surface area is 219 Å². The van der Waals surface area contributed by atoms with E-state index in [9.17, 15) is 10.5 Å². The minimum absolute atomic E-state index is 0.189. The molecule has 5 aromatic rings. The number of nitriles is 2. The van der Waals surface area contributed by atoms with Crippen LogP contribution in [0.3, 0.4) is 0 Å². The van der Waals surface area contributed by atoms with Gasteiger partial charge in [0.05, 0.1) is 17.9 Å². The molecule has 188 valence electrons. The molecule has 6 rings (SSSR count). The Hall–Kier alpha value is -4.96. The van der Waals surface area contributed by atoms with Gasteiger partial charge in [0, 0.05) is 48.2 Å². The highest BCUT2D eigenvalue weighted by Gasteiger charge is 2.25. The molecule has 1 aliphatic heterocycles. The molecular weight excluding hydrogens is 478 g/mol. The molecule has 0 amide bonds. The smallest absolute Gasteiger partial charge is 0.179 e. The molecule has 0 N–H and O–H groups in total. The van der Waals surface area contributed by atoms with Crippen LogP contribution in [0.2, 0.25) is 0 Å². The van der Waals surface area contributed by atoms with Gasteiger partial charge in [-0.3, -0.25) is 4.98 Å². The predicted molar refractivity (Wildman–Crippen MR) is 140 cm³/mol. The van der Waals surface area contributed by atoms with E-state index >= 15 is 0 Å². The third-order valence-electron chi connectivity index (χ3n) is 7.29. The summed E-state index contributed by atoms with van der Waals surface area (Å²) in [6.45, 7) is 5.41. The third-order valence-corrected chi connectivity index (χ3v) is 7.29. The van der Waals surface area contributed by atoms with Crippen molar-refractivity contribution >= 4 is 16.3 Å². The maximum Gasteiger partial charge on any atom is 0.179 e. The van der Waals surface area contributed by atoms with E-state index < -0.39 is 0 Å². The molecule has 1 saturated heterocycles. The monoisotopic (exact) mass is 503 g/mol. The Balaban J connectivity index is 1.39. The van der Waals surface area contributed by atoms with Crippen LogP contribution in [-0.2, 0) is 0 Å². The van der Waals surface area contributed by atoms with Gasteiger partial charge in [-0.15, -0.1) is 5.10 Å². The average molecular weight is 504 g/mol. The van der Waals surface area contributed by atoms with Crippen molar-refractivity contribution in [3.05, 3.63) is 71.9 Å². The van der Waals surface area contributed by atoms with E-state index in [0.29, 0.717) is 29.9 Å². The summed E-state index contributed by atoms with van der Waals surface area (Å²) in [7, 11) is 0. The van der Waals surface area contributed by atoms with Crippen LogP contribution in [0.25, 0.3) is 27.5 Å². The molecule has 38 heavy (non-hydrogen) atoms. The summed E-state index contributed by atoms with van der Waals surface area (Å²) in [6.07, 6.45) is 10.6. The first kappa shape index (κ1) is 23.4. The highest BCUT2D eigenvalue weighted by atomic mass is 16.5. The molecule has 1 fully saturated rings. The molecular formula is C28H25N9O. The maximum atomic E-state index is 9.74. The topological polar surface area (TPSA) is 121 Å². The number of hydrogen-bond donors (Lipinski definition) is 0. The fourth-order valence-electron chi connectivity index (χ4n) is 5.27. The van der Waals surface area contributed by atoms with Gasteiger partial charge in [-0.05, 0) is 38.1 Å². The molecule has 4 aromatic heterocycles. The van der Waals surface area contributed by atoms with E-state index in [0.717, 1.165) is 46.1 Å². The van der Waals surface area contributed by atoms with Gasteiger partial charge in [-0.2, -0.15) is 15.6 Å². The number of nitrogens with zero attached hydrogens (tertiary/aromatic N) is 9. The van der Waals surface area contributed by atoms with E-state index in [2.05, 4.69) is 38.7 Å². The largest absolute Gasteiger partial charge is 0.484 e. The van der Waals surface area contributed by atoms with Crippen LogP contribution in [-0.4, -0.2) is 47.6 Å². The van der Waals surface area contributed by atoms with E-state index in [1.54, 1.807) is 15.6 Å². The number of rotatable bonds is 5. The van der Waals surface area contributed by atoms with Crippen molar-refractivity contribution in [1.82, 2.24) is 34.5 Å². The first-order valence-electron chi connectivity index (χ1n) is 12.5. The van der Waals surface area contributed by atoms with Crippen LogP contribution in [0.1, 0.15) is 48.7 Å². The van der Waals surface area contributed by atoms with Crippen LogP contribution in [0.15, 0.2) is 55.1 Å². The zero-order valence-corrected chi connectivity index (χ0v) is 21.1. The van der Waals surface area contributed by atoms with Crippen molar-refractivity contribution in [2.75, 3.05) is 13.1 Å². The lowest BCUT2D eigenvalue weighted by molar-refractivity contribution is 0.230. The lowest BCUT2D eigenvalue weighted by Gasteiger charge is -2.28. The van der Waals surface area contributed by atoms with Gasteiger partial charge >= 0.3 is 0 Å².